The van der Waals surface area contributed by atoms with Crippen LogP contribution in [0.2, 0.25) is 0 Å². The number of likely N-dealkylation sites (N-methyl/N-ethyl adjacent to an activating group) is 1. The predicted molar refractivity (Wildman–Crippen MR) is 67.5 cm³/mol. The summed E-state index contributed by atoms with van der Waals surface area (Å²) in [7, 11) is 2.13. The molecule has 1 atom stereocenters. The second-order valence-electron chi connectivity index (χ2n) is 4.43. The molecule has 3 N–H and O–H groups in total. The molecule has 1 aliphatic rings. The number of likely N-dealkylation sites (tertiary alicyclic amines) is 1. The highest BCUT2D eigenvalue weighted by atomic mass is 15.2. The number of nitriles is 1. The van der Waals surface area contributed by atoms with Gasteiger partial charge >= 0.3 is 0 Å². The standard InChI is InChI=1S/C12H17N5/c1-17-4-2-3-10(17)8-16-12-11(14)5-9(6-13)7-15-12/h5,7,10H,2-4,8,14H2,1H3,(H,15,16). The van der Waals surface area contributed by atoms with E-state index in [1.165, 1.54) is 19.0 Å². The zero-order chi connectivity index (χ0) is 12.3. The van der Waals surface area contributed by atoms with E-state index in [-0.39, 0.29) is 0 Å². The fraction of sp³-hybridized carbons (Fsp3) is 0.500. The molecule has 1 aromatic heterocycles. The number of nitrogens with zero attached hydrogens (tertiary/aromatic N) is 3. The zero-order valence-corrected chi connectivity index (χ0v) is 9.98. The number of anilines is 2. The first kappa shape index (κ1) is 11.7. The van der Waals surface area contributed by atoms with E-state index < -0.39 is 0 Å². The van der Waals surface area contributed by atoms with Gasteiger partial charge in [0.1, 0.15) is 11.9 Å². The first-order valence-electron chi connectivity index (χ1n) is 5.80. The van der Waals surface area contributed by atoms with E-state index in [4.69, 9.17) is 11.0 Å². The Morgan fingerprint density at radius 1 is 1.71 bits per heavy atom. The molecule has 1 aliphatic heterocycles. The molecule has 0 saturated carbocycles. The molecule has 0 radical (unpaired) electrons. The highest BCUT2D eigenvalue weighted by molar-refractivity contribution is 5.63. The molecule has 1 saturated heterocycles. The molecule has 1 aromatic rings. The molecule has 0 bridgehead atoms. The largest absolute Gasteiger partial charge is 0.396 e. The lowest BCUT2D eigenvalue weighted by molar-refractivity contribution is 0.322. The summed E-state index contributed by atoms with van der Waals surface area (Å²) in [5.41, 5.74) is 6.85. The lowest BCUT2D eigenvalue weighted by atomic mass is 10.2. The Morgan fingerprint density at radius 3 is 3.12 bits per heavy atom. The third-order valence-electron chi connectivity index (χ3n) is 3.22. The zero-order valence-electron chi connectivity index (χ0n) is 9.98. The number of nitrogen functional groups attached to an aromatic ring is 1. The van der Waals surface area contributed by atoms with E-state index in [0.717, 1.165) is 13.1 Å². The predicted octanol–water partition coefficient (Wildman–Crippen LogP) is 1.04. The Labute approximate surface area is 101 Å². The molecule has 2 heterocycles. The van der Waals surface area contributed by atoms with Gasteiger partial charge in [0.05, 0.1) is 11.3 Å². The van der Waals surface area contributed by atoms with E-state index in [2.05, 4.69) is 22.2 Å². The summed E-state index contributed by atoms with van der Waals surface area (Å²) in [6.07, 6.45) is 4.00. The van der Waals surface area contributed by atoms with Crippen molar-refractivity contribution in [3.05, 3.63) is 17.8 Å². The van der Waals surface area contributed by atoms with Crippen molar-refractivity contribution in [1.82, 2.24) is 9.88 Å². The summed E-state index contributed by atoms with van der Waals surface area (Å²) in [6, 6.07) is 4.22. The van der Waals surface area contributed by atoms with Crippen LogP contribution in [-0.4, -0.2) is 36.1 Å². The molecule has 0 aliphatic carbocycles. The van der Waals surface area contributed by atoms with Crippen LogP contribution in [0.3, 0.4) is 0 Å². The summed E-state index contributed by atoms with van der Waals surface area (Å²) in [4.78, 5) is 6.50. The molecule has 0 aromatic carbocycles. The molecule has 1 fully saturated rings. The van der Waals surface area contributed by atoms with Crippen LogP contribution in [0.1, 0.15) is 18.4 Å². The van der Waals surface area contributed by atoms with Crippen molar-refractivity contribution in [3.8, 4) is 6.07 Å². The second kappa shape index (κ2) is 5.02. The van der Waals surface area contributed by atoms with Crippen LogP contribution in [0.4, 0.5) is 11.5 Å². The monoisotopic (exact) mass is 231 g/mol. The minimum absolute atomic E-state index is 0.492. The number of aromatic nitrogens is 1. The Bertz CT molecular complexity index is 437. The van der Waals surface area contributed by atoms with Gasteiger partial charge in [-0.05, 0) is 32.5 Å². The van der Waals surface area contributed by atoms with Gasteiger partial charge in [-0.25, -0.2) is 4.98 Å². The fourth-order valence-electron chi connectivity index (χ4n) is 2.14. The van der Waals surface area contributed by atoms with E-state index in [9.17, 15) is 0 Å². The molecule has 2 rings (SSSR count). The van der Waals surface area contributed by atoms with Gasteiger partial charge in [-0.1, -0.05) is 0 Å². The van der Waals surface area contributed by atoms with Crippen molar-refractivity contribution >= 4 is 11.5 Å². The first-order valence-corrected chi connectivity index (χ1v) is 5.80. The molecular weight excluding hydrogens is 214 g/mol. The minimum atomic E-state index is 0.492. The van der Waals surface area contributed by atoms with Crippen molar-refractivity contribution in [2.45, 2.75) is 18.9 Å². The van der Waals surface area contributed by atoms with Gasteiger partial charge in [-0.3, -0.25) is 0 Å². The smallest absolute Gasteiger partial charge is 0.149 e. The summed E-state index contributed by atoms with van der Waals surface area (Å²) in [5.74, 6) is 0.671. The fourth-order valence-corrected chi connectivity index (χ4v) is 2.14. The molecule has 0 spiro atoms. The van der Waals surface area contributed by atoms with Crippen LogP contribution in [-0.2, 0) is 0 Å². The molecule has 0 amide bonds. The van der Waals surface area contributed by atoms with Gasteiger partial charge in [-0.2, -0.15) is 5.26 Å². The van der Waals surface area contributed by atoms with Crippen LogP contribution in [0.25, 0.3) is 0 Å². The number of pyridine rings is 1. The highest BCUT2D eigenvalue weighted by Gasteiger charge is 2.20. The van der Waals surface area contributed by atoms with Gasteiger partial charge < -0.3 is 16.0 Å². The van der Waals surface area contributed by atoms with Crippen molar-refractivity contribution < 1.29 is 0 Å². The second-order valence-corrected chi connectivity index (χ2v) is 4.43. The maximum absolute atomic E-state index is 8.72. The van der Waals surface area contributed by atoms with Crippen molar-refractivity contribution in [2.75, 3.05) is 31.2 Å². The van der Waals surface area contributed by atoms with Gasteiger partial charge in [0.15, 0.2) is 0 Å². The Balaban J connectivity index is 1.97. The highest BCUT2D eigenvalue weighted by Crippen LogP contribution is 2.19. The van der Waals surface area contributed by atoms with Crippen molar-refractivity contribution in [3.63, 3.8) is 0 Å². The Morgan fingerprint density at radius 2 is 2.53 bits per heavy atom. The van der Waals surface area contributed by atoms with Crippen LogP contribution in [0.5, 0.6) is 0 Å². The molecule has 5 heteroatoms. The average molecular weight is 231 g/mol. The summed E-state index contributed by atoms with van der Waals surface area (Å²) in [5, 5.41) is 12.0. The lowest BCUT2D eigenvalue weighted by Crippen LogP contribution is -2.31. The molecule has 5 nitrogen and oxygen atoms in total. The normalized spacial score (nSPS) is 20.1. The van der Waals surface area contributed by atoms with Gasteiger partial charge in [0.2, 0.25) is 0 Å². The van der Waals surface area contributed by atoms with Crippen LogP contribution >= 0.6 is 0 Å². The van der Waals surface area contributed by atoms with Crippen LogP contribution in [0.15, 0.2) is 12.3 Å². The molecular formula is C12H17N5. The third-order valence-corrected chi connectivity index (χ3v) is 3.22. The van der Waals surface area contributed by atoms with Crippen molar-refractivity contribution in [2.24, 2.45) is 0 Å². The van der Waals surface area contributed by atoms with Crippen molar-refractivity contribution in [1.29, 1.82) is 5.26 Å². The number of rotatable bonds is 3. The first-order chi connectivity index (χ1) is 8.20. The Kier molecular flexibility index (Phi) is 3.45. The van der Waals surface area contributed by atoms with E-state index in [1.807, 2.05) is 6.07 Å². The number of nitrogens with two attached hydrogens (primary N) is 1. The maximum atomic E-state index is 8.72. The Hall–Kier alpha value is -1.80. The van der Waals surface area contributed by atoms with E-state index in [1.54, 1.807) is 6.07 Å². The van der Waals surface area contributed by atoms with Gasteiger partial charge in [0, 0.05) is 18.8 Å². The van der Waals surface area contributed by atoms with E-state index in [0.29, 0.717) is 23.1 Å². The van der Waals surface area contributed by atoms with Gasteiger partial charge in [0.25, 0.3) is 0 Å². The van der Waals surface area contributed by atoms with Crippen LogP contribution in [0, 0.1) is 11.3 Å². The topological polar surface area (TPSA) is 78.0 Å². The summed E-state index contributed by atoms with van der Waals surface area (Å²) in [6.45, 7) is 2.00. The minimum Gasteiger partial charge on any atom is -0.396 e. The SMILES string of the molecule is CN1CCCC1CNc1ncc(C#N)cc1N. The molecule has 1 unspecified atom stereocenters. The van der Waals surface area contributed by atoms with E-state index >= 15 is 0 Å². The summed E-state index contributed by atoms with van der Waals surface area (Å²) < 4.78 is 0. The molecule has 90 valence electrons. The number of hydrogen-bond donors (Lipinski definition) is 2. The third kappa shape index (κ3) is 2.66. The van der Waals surface area contributed by atoms with Gasteiger partial charge in [-0.15, -0.1) is 0 Å². The molecule has 17 heavy (non-hydrogen) atoms. The average Bonchev–Trinajstić information content (AvgIpc) is 2.73. The quantitative estimate of drug-likeness (QED) is 0.812. The lowest BCUT2D eigenvalue weighted by Gasteiger charge is -2.20. The maximum Gasteiger partial charge on any atom is 0.149 e. The summed E-state index contributed by atoms with van der Waals surface area (Å²) >= 11 is 0. The van der Waals surface area contributed by atoms with Crippen LogP contribution < -0.4 is 11.1 Å². The number of hydrogen-bond acceptors (Lipinski definition) is 5. The number of nitrogens with one attached hydrogen (secondary N) is 1.